The molecular formula is C19H34NO8P. The van der Waals surface area contributed by atoms with E-state index in [4.69, 9.17) is 19.3 Å². The van der Waals surface area contributed by atoms with Crippen LogP contribution < -0.4 is 6.15 Å². The van der Waals surface area contributed by atoms with Crippen LogP contribution >= 0.6 is 7.82 Å². The van der Waals surface area contributed by atoms with E-state index >= 15 is 0 Å². The molecule has 0 saturated heterocycles. The zero-order chi connectivity index (χ0) is 21.2. The van der Waals surface area contributed by atoms with Gasteiger partial charge >= 0.3 is 7.82 Å². The number of ketones is 2. The van der Waals surface area contributed by atoms with Gasteiger partial charge in [-0.1, -0.05) is 38.5 Å². The number of unbranched alkanes of at least 4 members (excludes halogenated alkanes) is 7. The highest BCUT2D eigenvalue weighted by Gasteiger charge is 2.34. The Morgan fingerprint density at radius 2 is 1.24 bits per heavy atom. The fourth-order valence-electron chi connectivity index (χ4n) is 3.14. The van der Waals surface area contributed by atoms with Crippen LogP contribution in [0.5, 0.6) is 0 Å². The van der Waals surface area contributed by atoms with Crippen molar-refractivity contribution in [1.29, 1.82) is 0 Å². The van der Waals surface area contributed by atoms with Crippen LogP contribution in [0.4, 0.5) is 0 Å². The monoisotopic (exact) mass is 435 g/mol. The molecule has 0 atom stereocenters. The van der Waals surface area contributed by atoms with Crippen LogP contribution in [0.1, 0.15) is 64.7 Å². The Morgan fingerprint density at radius 1 is 0.793 bits per heavy atom. The Morgan fingerprint density at radius 3 is 1.72 bits per heavy atom. The van der Waals surface area contributed by atoms with Gasteiger partial charge in [0.15, 0.2) is 0 Å². The number of phosphoric acid groups is 1. The van der Waals surface area contributed by atoms with Crippen LogP contribution in [0.2, 0.25) is 0 Å². The summed E-state index contributed by atoms with van der Waals surface area (Å²) < 4.78 is 25.0. The first-order valence-corrected chi connectivity index (χ1v) is 11.1. The first-order valence-electron chi connectivity index (χ1n) is 9.54. The molecule has 1 aliphatic carbocycles. The molecule has 10 heteroatoms. The van der Waals surface area contributed by atoms with Gasteiger partial charge < -0.3 is 25.4 Å². The van der Waals surface area contributed by atoms with Gasteiger partial charge in [0.25, 0.3) is 0 Å². The van der Waals surface area contributed by atoms with E-state index in [1.54, 1.807) is 6.92 Å². The summed E-state index contributed by atoms with van der Waals surface area (Å²) in [7, 11) is -1.64. The summed E-state index contributed by atoms with van der Waals surface area (Å²) >= 11 is 0. The highest BCUT2D eigenvalue weighted by Crippen LogP contribution is 2.35. The molecule has 5 N–H and O–H groups in total. The molecule has 0 spiro atoms. The summed E-state index contributed by atoms with van der Waals surface area (Å²) in [6.45, 7) is 1.73. The number of Topliss-reactive ketones (excluding diaryl/α,β-unsaturated/α-hetero) is 2. The molecule has 9 nitrogen and oxygen atoms in total. The van der Waals surface area contributed by atoms with Crippen molar-refractivity contribution >= 4 is 19.4 Å². The Labute approximate surface area is 172 Å². The van der Waals surface area contributed by atoms with Gasteiger partial charge in [0.2, 0.25) is 23.1 Å². The molecule has 1 rings (SSSR count). The van der Waals surface area contributed by atoms with E-state index in [2.05, 4.69) is 4.52 Å². The Hall–Kier alpha value is -1.51. The largest absolute Gasteiger partial charge is 0.489 e. The van der Waals surface area contributed by atoms with Gasteiger partial charge in [-0.3, -0.25) is 14.1 Å². The van der Waals surface area contributed by atoms with Crippen molar-refractivity contribution in [2.24, 2.45) is 0 Å². The molecule has 0 aromatic rings. The summed E-state index contributed by atoms with van der Waals surface area (Å²) in [6, 6.07) is 0. The molecule has 0 radical (unpaired) electrons. The third-order valence-electron chi connectivity index (χ3n) is 4.67. The van der Waals surface area contributed by atoms with Crippen LogP contribution in [0.15, 0.2) is 22.7 Å². The number of carbonyl (C=O) groups is 2. The lowest BCUT2D eigenvalue weighted by molar-refractivity contribution is -0.121. The molecule has 0 amide bonds. The van der Waals surface area contributed by atoms with E-state index in [0.717, 1.165) is 44.9 Å². The smallest absolute Gasteiger partial charge is 0.469 e. The summed E-state index contributed by atoms with van der Waals surface area (Å²) in [5.74, 6) is -0.610. The molecule has 168 valence electrons. The molecule has 1 aliphatic rings. The molecule has 0 aliphatic heterocycles. The normalized spacial score (nSPS) is 14.9. The fraction of sp³-hybridized carbons (Fsp3) is 0.684. The summed E-state index contributed by atoms with van der Waals surface area (Å²) in [6.07, 6.45) is 7.95. The highest BCUT2D eigenvalue weighted by atomic mass is 31.2. The minimum atomic E-state index is -4.34. The summed E-state index contributed by atoms with van der Waals surface area (Å²) in [4.78, 5) is 41.9. The fourth-order valence-corrected chi connectivity index (χ4v) is 3.51. The van der Waals surface area contributed by atoms with Crippen molar-refractivity contribution in [3.63, 3.8) is 0 Å². The van der Waals surface area contributed by atoms with Crippen molar-refractivity contribution in [3.05, 3.63) is 22.7 Å². The Kier molecular flexibility index (Phi) is 13.0. The number of methoxy groups -OCH3 is 2. The van der Waals surface area contributed by atoms with Crippen molar-refractivity contribution in [2.45, 2.75) is 64.7 Å². The first kappa shape index (κ1) is 27.5. The molecule has 0 bridgehead atoms. The van der Waals surface area contributed by atoms with E-state index in [9.17, 15) is 14.2 Å². The highest BCUT2D eigenvalue weighted by molar-refractivity contribution is 7.46. The lowest BCUT2D eigenvalue weighted by atomic mass is 9.89. The lowest BCUT2D eigenvalue weighted by Crippen LogP contribution is -2.25. The minimum Gasteiger partial charge on any atom is -0.489 e. The molecular weight excluding hydrogens is 401 g/mol. The molecule has 0 heterocycles. The predicted octanol–water partition coefficient (Wildman–Crippen LogP) is 3.74. The number of allylic oxidation sites excluding steroid dienone is 2. The number of hydrogen-bond donors (Lipinski definition) is 3. The van der Waals surface area contributed by atoms with E-state index in [1.807, 2.05) is 0 Å². The second-order valence-electron chi connectivity index (χ2n) is 6.73. The maximum atomic E-state index is 12.5. The Bertz CT molecular complexity index is 665. The average molecular weight is 435 g/mol. The van der Waals surface area contributed by atoms with Gasteiger partial charge in [-0.05, 0) is 26.2 Å². The van der Waals surface area contributed by atoms with Gasteiger partial charge in [-0.25, -0.2) is 4.57 Å². The predicted molar refractivity (Wildman–Crippen MR) is 108 cm³/mol. The second-order valence-corrected chi connectivity index (χ2v) is 7.97. The van der Waals surface area contributed by atoms with E-state index in [-0.39, 0.29) is 35.8 Å². The van der Waals surface area contributed by atoms with Crippen LogP contribution in [0.25, 0.3) is 0 Å². The zero-order valence-corrected chi connectivity index (χ0v) is 18.5. The molecule has 0 unspecified atom stereocenters. The van der Waals surface area contributed by atoms with Gasteiger partial charge in [0, 0.05) is 11.1 Å². The molecule has 29 heavy (non-hydrogen) atoms. The topological polar surface area (TPSA) is 154 Å². The number of ether oxygens (including phenoxy) is 2. The van der Waals surface area contributed by atoms with Gasteiger partial charge in [-0.15, -0.1) is 0 Å². The number of carbonyl (C=O) groups excluding carboxylic acids is 2. The summed E-state index contributed by atoms with van der Waals surface area (Å²) in [5, 5.41) is 0. The van der Waals surface area contributed by atoms with Gasteiger partial charge in [-0.2, -0.15) is 0 Å². The second kappa shape index (κ2) is 13.7. The Balaban J connectivity index is 0.00000784. The molecule has 0 aromatic heterocycles. The van der Waals surface area contributed by atoms with Gasteiger partial charge in [0.05, 0.1) is 20.8 Å². The van der Waals surface area contributed by atoms with Crippen molar-refractivity contribution < 1.29 is 37.9 Å². The van der Waals surface area contributed by atoms with Crippen molar-refractivity contribution in [2.75, 3.05) is 20.8 Å². The molecule has 0 aromatic carbocycles. The molecule has 0 fully saturated rings. The zero-order valence-electron chi connectivity index (χ0n) is 17.6. The quantitative estimate of drug-likeness (QED) is 0.210. The van der Waals surface area contributed by atoms with Gasteiger partial charge in [0.1, 0.15) is 0 Å². The van der Waals surface area contributed by atoms with Crippen LogP contribution in [-0.4, -0.2) is 42.2 Å². The third-order valence-corrected chi connectivity index (χ3v) is 5.19. The number of hydrogen-bond acceptors (Lipinski definition) is 7. The van der Waals surface area contributed by atoms with E-state index < -0.39 is 7.82 Å². The van der Waals surface area contributed by atoms with Crippen LogP contribution in [-0.2, 0) is 28.2 Å². The number of phosphoric ester groups is 1. The van der Waals surface area contributed by atoms with Crippen molar-refractivity contribution in [3.8, 4) is 0 Å². The first-order chi connectivity index (χ1) is 13.2. The van der Waals surface area contributed by atoms with E-state index in [0.29, 0.717) is 24.0 Å². The molecule has 0 saturated carbocycles. The SMILES string of the molecule is COC1=C(OC)C(=O)C(CCCCCCCCCCOP(=O)(O)O)=C(C)C1=O.N. The maximum absolute atomic E-state index is 12.5. The maximum Gasteiger partial charge on any atom is 0.469 e. The third kappa shape index (κ3) is 9.23. The number of rotatable bonds is 14. The van der Waals surface area contributed by atoms with Crippen LogP contribution in [0, 0.1) is 0 Å². The van der Waals surface area contributed by atoms with E-state index in [1.165, 1.54) is 14.2 Å². The van der Waals surface area contributed by atoms with Crippen LogP contribution in [0.3, 0.4) is 0 Å². The lowest BCUT2D eigenvalue weighted by Gasteiger charge is -2.20. The standard InChI is InChI=1S/C19H31O8P.H3N/c1-14-15(17(21)19(26-3)18(25-2)16(14)20)12-10-8-6-4-5-7-9-11-13-27-28(22,23)24;/h4-13H2,1-3H3,(H2,22,23,24);1H3. The average Bonchev–Trinajstić information content (AvgIpc) is 2.63. The summed E-state index contributed by atoms with van der Waals surface area (Å²) in [5.41, 5.74) is 0.938. The minimum absolute atomic E-state index is 0. The van der Waals surface area contributed by atoms with Crippen molar-refractivity contribution in [1.82, 2.24) is 6.15 Å².